The van der Waals surface area contributed by atoms with Gasteiger partial charge in [-0.1, -0.05) is 6.07 Å². The number of halogens is 1. The number of hydrogen-bond donors (Lipinski definition) is 0. The van der Waals surface area contributed by atoms with E-state index in [0.717, 1.165) is 10.9 Å². The second-order valence-corrected chi connectivity index (χ2v) is 4.87. The van der Waals surface area contributed by atoms with Crippen LogP contribution in [0.1, 0.15) is 5.56 Å². The molecule has 0 saturated carbocycles. The summed E-state index contributed by atoms with van der Waals surface area (Å²) >= 11 is 0. The molecule has 0 aliphatic carbocycles. The van der Waals surface area contributed by atoms with Gasteiger partial charge in [0.25, 0.3) is 0 Å². The summed E-state index contributed by atoms with van der Waals surface area (Å²) in [6.45, 7) is 0. The zero-order valence-corrected chi connectivity index (χ0v) is 8.96. The van der Waals surface area contributed by atoms with Crippen molar-refractivity contribution in [3.63, 3.8) is 0 Å². The van der Waals surface area contributed by atoms with E-state index in [2.05, 4.69) is 0 Å². The summed E-state index contributed by atoms with van der Waals surface area (Å²) in [7, 11) is -2.55. The fourth-order valence-corrected chi connectivity index (χ4v) is 2.20. The fourth-order valence-electron chi connectivity index (χ4n) is 1.62. The highest BCUT2D eigenvalue weighted by molar-refractivity contribution is 7.85. The number of hydrogen-bond acceptors (Lipinski definition) is 2. The lowest BCUT2D eigenvalue weighted by Gasteiger charge is -1.99. The molecule has 0 saturated heterocycles. The second-order valence-electron chi connectivity index (χ2n) is 3.50. The number of aromatic nitrogens is 1. The van der Waals surface area contributed by atoms with Gasteiger partial charge in [0.2, 0.25) is 0 Å². The summed E-state index contributed by atoms with van der Waals surface area (Å²) in [5.74, 6) is -0.558. The summed E-state index contributed by atoms with van der Waals surface area (Å²) in [4.78, 5) is 0. The molecule has 2 aromatic rings. The lowest BCUT2D eigenvalue weighted by atomic mass is 10.2. The quantitative estimate of drug-likeness (QED) is 0.736. The third-order valence-corrected chi connectivity index (χ3v) is 2.97. The van der Waals surface area contributed by atoms with Crippen LogP contribution in [0.25, 0.3) is 10.9 Å². The Morgan fingerprint density at radius 3 is 2.73 bits per heavy atom. The smallest absolute Gasteiger partial charge is 0.306 e. The predicted octanol–water partition coefficient (Wildman–Crippen LogP) is 1.98. The van der Waals surface area contributed by atoms with Crippen molar-refractivity contribution in [1.29, 1.82) is 0 Å². The van der Waals surface area contributed by atoms with E-state index < -0.39 is 16.0 Å². The maximum atomic E-state index is 12.4. The normalized spacial score (nSPS) is 12.1. The Bertz CT molecular complexity index is 601. The lowest BCUT2D eigenvalue weighted by molar-refractivity contribution is 0.551. The maximum Gasteiger partial charge on any atom is 0.306 e. The first-order valence-corrected chi connectivity index (χ1v) is 5.97. The van der Waals surface area contributed by atoms with Crippen molar-refractivity contribution in [2.45, 2.75) is 5.75 Å². The highest BCUT2D eigenvalue weighted by Crippen LogP contribution is 2.18. The molecule has 3 nitrogen and oxygen atoms in total. The van der Waals surface area contributed by atoms with Crippen LogP contribution < -0.4 is 0 Å². The fraction of sp³-hybridized carbons (Fsp3) is 0.200. The SMILES string of the molecule is Cn1ccc2cc(CS(=O)(=O)F)ccc21. The summed E-state index contributed by atoms with van der Waals surface area (Å²) < 4.78 is 35.3. The van der Waals surface area contributed by atoms with E-state index in [1.54, 1.807) is 18.2 Å². The number of benzene rings is 1. The molecule has 80 valence electrons. The van der Waals surface area contributed by atoms with Crippen LogP contribution in [-0.2, 0) is 23.0 Å². The van der Waals surface area contributed by atoms with Crippen LogP contribution >= 0.6 is 0 Å². The van der Waals surface area contributed by atoms with Gasteiger partial charge in [0.1, 0.15) is 5.75 Å². The van der Waals surface area contributed by atoms with E-state index in [1.165, 1.54) is 0 Å². The number of aryl methyl sites for hydroxylation is 1. The molecule has 0 radical (unpaired) electrons. The summed E-state index contributed by atoms with van der Waals surface area (Å²) in [6.07, 6.45) is 1.87. The van der Waals surface area contributed by atoms with Crippen molar-refractivity contribution in [2.24, 2.45) is 7.05 Å². The van der Waals surface area contributed by atoms with Gasteiger partial charge in [-0.2, -0.15) is 8.42 Å². The molecule has 0 aliphatic heterocycles. The molecule has 15 heavy (non-hydrogen) atoms. The number of nitrogens with zero attached hydrogens (tertiary/aromatic N) is 1. The van der Waals surface area contributed by atoms with E-state index in [0.29, 0.717) is 5.56 Å². The van der Waals surface area contributed by atoms with Crippen LogP contribution in [-0.4, -0.2) is 13.0 Å². The van der Waals surface area contributed by atoms with Crippen LogP contribution in [0.5, 0.6) is 0 Å². The molecular weight excluding hydrogens is 217 g/mol. The maximum absolute atomic E-state index is 12.4. The monoisotopic (exact) mass is 227 g/mol. The largest absolute Gasteiger partial charge is 0.351 e. The molecule has 1 heterocycles. The summed E-state index contributed by atoms with van der Waals surface area (Å²) in [6, 6.07) is 6.96. The second kappa shape index (κ2) is 3.34. The average molecular weight is 227 g/mol. The molecule has 2 rings (SSSR count). The zero-order chi connectivity index (χ0) is 11.1. The van der Waals surface area contributed by atoms with Crippen LogP contribution in [0.3, 0.4) is 0 Å². The molecule has 0 bridgehead atoms. The first-order chi connectivity index (χ1) is 6.96. The third kappa shape index (κ3) is 2.18. The molecule has 0 atom stereocenters. The van der Waals surface area contributed by atoms with Gasteiger partial charge in [-0.05, 0) is 29.1 Å². The Morgan fingerprint density at radius 2 is 2.07 bits per heavy atom. The van der Waals surface area contributed by atoms with Crippen LogP contribution in [0.15, 0.2) is 30.5 Å². The van der Waals surface area contributed by atoms with Gasteiger partial charge >= 0.3 is 10.2 Å². The zero-order valence-electron chi connectivity index (χ0n) is 8.14. The van der Waals surface area contributed by atoms with Crippen molar-refractivity contribution in [1.82, 2.24) is 4.57 Å². The number of rotatable bonds is 2. The van der Waals surface area contributed by atoms with E-state index in [-0.39, 0.29) is 0 Å². The molecule has 0 unspecified atom stereocenters. The number of fused-ring (bicyclic) bond motifs is 1. The van der Waals surface area contributed by atoms with Crippen molar-refractivity contribution in [2.75, 3.05) is 0 Å². The van der Waals surface area contributed by atoms with Gasteiger partial charge in [-0.25, -0.2) is 0 Å². The standard InChI is InChI=1S/C10H10FNO2S/c1-12-5-4-9-6-8(2-3-10(9)12)7-15(11,13)14/h2-6H,7H2,1H3. The average Bonchev–Trinajstić information content (AvgIpc) is 2.45. The van der Waals surface area contributed by atoms with E-state index in [1.807, 2.05) is 23.9 Å². The predicted molar refractivity (Wildman–Crippen MR) is 56.7 cm³/mol. The van der Waals surface area contributed by atoms with Gasteiger partial charge < -0.3 is 4.57 Å². The highest BCUT2D eigenvalue weighted by atomic mass is 32.3. The molecular formula is C10H10FNO2S. The topological polar surface area (TPSA) is 39.1 Å². The van der Waals surface area contributed by atoms with Crippen molar-refractivity contribution < 1.29 is 12.3 Å². The minimum Gasteiger partial charge on any atom is -0.351 e. The molecule has 0 amide bonds. The molecule has 5 heteroatoms. The van der Waals surface area contributed by atoms with Crippen molar-refractivity contribution >= 4 is 21.1 Å². The minimum atomic E-state index is -4.45. The Kier molecular flexibility index (Phi) is 2.26. The van der Waals surface area contributed by atoms with E-state index in [4.69, 9.17) is 0 Å². The molecule has 0 N–H and O–H groups in total. The van der Waals surface area contributed by atoms with Crippen molar-refractivity contribution in [3.05, 3.63) is 36.0 Å². The minimum absolute atomic E-state index is 0.469. The Morgan fingerprint density at radius 1 is 1.33 bits per heavy atom. The van der Waals surface area contributed by atoms with Gasteiger partial charge in [0.05, 0.1) is 0 Å². The Labute approximate surface area is 87.3 Å². The molecule has 0 spiro atoms. The van der Waals surface area contributed by atoms with Gasteiger partial charge in [-0.15, -0.1) is 3.89 Å². The first kappa shape index (κ1) is 10.2. The highest BCUT2D eigenvalue weighted by Gasteiger charge is 2.09. The first-order valence-electron chi connectivity index (χ1n) is 4.42. The van der Waals surface area contributed by atoms with Gasteiger partial charge in [0, 0.05) is 18.8 Å². The van der Waals surface area contributed by atoms with Crippen LogP contribution in [0.4, 0.5) is 3.89 Å². The Balaban J connectivity index is 2.48. The van der Waals surface area contributed by atoms with Crippen LogP contribution in [0, 0.1) is 0 Å². The van der Waals surface area contributed by atoms with E-state index in [9.17, 15) is 12.3 Å². The van der Waals surface area contributed by atoms with Gasteiger partial charge in [-0.3, -0.25) is 0 Å². The summed E-state index contributed by atoms with van der Waals surface area (Å²) in [5.41, 5.74) is 1.46. The van der Waals surface area contributed by atoms with E-state index >= 15 is 0 Å². The molecule has 0 fully saturated rings. The summed E-state index contributed by atoms with van der Waals surface area (Å²) in [5, 5.41) is 0.915. The lowest BCUT2D eigenvalue weighted by Crippen LogP contribution is -1.96. The Hall–Kier alpha value is -1.36. The molecule has 1 aromatic heterocycles. The van der Waals surface area contributed by atoms with Crippen LogP contribution in [0.2, 0.25) is 0 Å². The molecule has 0 aliphatic rings. The van der Waals surface area contributed by atoms with Crippen molar-refractivity contribution in [3.8, 4) is 0 Å². The van der Waals surface area contributed by atoms with Gasteiger partial charge in [0.15, 0.2) is 0 Å². The molecule has 1 aromatic carbocycles. The third-order valence-electron chi connectivity index (χ3n) is 2.29.